The lowest BCUT2D eigenvalue weighted by Crippen LogP contribution is -1.92. The van der Waals surface area contributed by atoms with Gasteiger partial charge < -0.3 is 4.57 Å². The SMILES string of the molecule is Clc1cc2c(cc1Br)c1ccccc1n2-c1ccccc1. The smallest absolute Gasteiger partial charge is 0.0569 e. The quantitative estimate of drug-likeness (QED) is 0.382. The average molecular weight is 357 g/mol. The van der Waals surface area contributed by atoms with Crippen molar-refractivity contribution < 1.29 is 0 Å². The molecule has 0 aliphatic heterocycles. The summed E-state index contributed by atoms with van der Waals surface area (Å²) < 4.78 is 3.18. The number of rotatable bonds is 1. The molecule has 0 N–H and O–H groups in total. The fraction of sp³-hybridized carbons (Fsp3) is 0. The van der Waals surface area contributed by atoms with Crippen LogP contribution in [0.1, 0.15) is 0 Å². The highest BCUT2D eigenvalue weighted by Gasteiger charge is 2.13. The fourth-order valence-corrected chi connectivity index (χ4v) is 3.32. The van der Waals surface area contributed by atoms with Crippen molar-refractivity contribution in [3.8, 4) is 5.69 Å². The van der Waals surface area contributed by atoms with Gasteiger partial charge in [0.1, 0.15) is 0 Å². The largest absolute Gasteiger partial charge is 0.309 e. The summed E-state index contributed by atoms with van der Waals surface area (Å²) in [6, 6.07) is 22.9. The summed E-state index contributed by atoms with van der Waals surface area (Å²) in [5, 5.41) is 3.15. The topological polar surface area (TPSA) is 4.93 Å². The minimum atomic E-state index is 0.725. The van der Waals surface area contributed by atoms with Crippen LogP contribution in [0.4, 0.5) is 0 Å². The summed E-state index contributed by atoms with van der Waals surface area (Å²) in [4.78, 5) is 0. The van der Waals surface area contributed by atoms with Crippen molar-refractivity contribution in [2.45, 2.75) is 0 Å². The van der Waals surface area contributed by atoms with Gasteiger partial charge in [-0.05, 0) is 46.3 Å². The van der Waals surface area contributed by atoms with Crippen molar-refractivity contribution >= 4 is 49.3 Å². The van der Waals surface area contributed by atoms with E-state index < -0.39 is 0 Å². The number of hydrogen-bond acceptors (Lipinski definition) is 0. The van der Waals surface area contributed by atoms with Gasteiger partial charge in [0.05, 0.1) is 16.1 Å². The molecule has 4 aromatic rings. The first kappa shape index (κ1) is 12.9. The predicted molar refractivity (Wildman–Crippen MR) is 93.5 cm³/mol. The first-order valence-electron chi connectivity index (χ1n) is 6.69. The van der Waals surface area contributed by atoms with E-state index in [1.165, 1.54) is 16.3 Å². The molecule has 0 aliphatic rings. The third-order valence-electron chi connectivity index (χ3n) is 3.73. The van der Waals surface area contributed by atoms with Crippen LogP contribution >= 0.6 is 27.5 Å². The van der Waals surface area contributed by atoms with Gasteiger partial charge >= 0.3 is 0 Å². The second kappa shape index (κ2) is 4.90. The lowest BCUT2D eigenvalue weighted by Gasteiger charge is -2.07. The van der Waals surface area contributed by atoms with Gasteiger partial charge in [0, 0.05) is 20.9 Å². The highest BCUT2D eigenvalue weighted by Crippen LogP contribution is 2.36. The fourth-order valence-electron chi connectivity index (χ4n) is 2.82. The van der Waals surface area contributed by atoms with E-state index in [1.807, 2.05) is 12.1 Å². The van der Waals surface area contributed by atoms with Gasteiger partial charge in [0.15, 0.2) is 0 Å². The van der Waals surface area contributed by atoms with Crippen molar-refractivity contribution in [2.75, 3.05) is 0 Å². The van der Waals surface area contributed by atoms with Crippen LogP contribution in [-0.2, 0) is 0 Å². The van der Waals surface area contributed by atoms with Crippen LogP contribution in [0.2, 0.25) is 5.02 Å². The lowest BCUT2D eigenvalue weighted by atomic mass is 10.1. The van der Waals surface area contributed by atoms with Crippen molar-refractivity contribution in [3.63, 3.8) is 0 Å². The van der Waals surface area contributed by atoms with E-state index in [1.54, 1.807) is 0 Å². The minimum Gasteiger partial charge on any atom is -0.309 e. The van der Waals surface area contributed by atoms with Crippen LogP contribution in [0.15, 0.2) is 71.2 Å². The van der Waals surface area contributed by atoms with E-state index in [9.17, 15) is 0 Å². The lowest BCUT2D eigenvalue weighted by molar-refractivity contribution is 1.18. The number of nitrogens with zero attached hydrogens (tertiary/aromatic N) is 1. The molecule has 0 aliphatic carbocycles. The molecular formula is C18H11BrClN. The minimum absolute atomic E-state index is 0.725. The van der Waals surface area contributed by atoms with Crippen LogP contribution in [0.3, 0.4) is 0 Å². The second-order valence-electron chi connectivity index (χ2n) is 4.97. The molecule has 1 nitrogen and oxygen atoms in total. The number of aromatic nitrogens is 1. The highest BCUT2D eigenvalue weighted by atomic mass is 79.9. The van der Waals surface area contributed by atoms with Gasteiger partial charge in [-0.3, -0.25) is 0 Å². The van der Waals surface area contributed by atoms with Crippen molar-refractivity contribution in [2.24, 2.45) is 0 Å². The zero-order valence-electron chi connectivity index (χ0n) is 11.1. The Hall–Kier alpha value is -1.77. The van der Waals surface area contributed by atoms with Crippen LogP contribution in [-0.4, -0.2) is 4.57 Å². The van der Waals surface area contributed by atoms with Gasteiger partial charge in [0.25, 0.3) is 0 Å². The van der Waals surface area contributed by atoms with Gasteiger partial charge in [-0.15, -0.1) is 0 Å². The van der Waals surface area contributed by atoms with E-state index in [2.05, 4.69) is 75.1 Å². The molecule has 0 bridgehead atoms. The maximum absolute atomic E-state index is 6.31. The summed E-state index contributed by atoms with van der Waals surface area (Å²) >= 11 is 9.84. The van der Waals surface area contributed by atoms with Crippen molar-refractivity contribution in [1.29, 1.82) is 0 Å². The molecule has 0 unspecified atom stereocenters. The number of hydrogen-bond donors (Lipinski definition) is 0. The van der Waals surface area contributed by atoms with Gasteiger partial charge in [-0.1, -0.05) is 48.0 Å². The molecule has 3 heteroatoms. The summed E-state index contributed by atoms with van der Waals surface area (Å²) in [5.74, 6) is 0. The number of benzene rings is 3. The summed E-state index contributed by atoms with van der Waals surface area (Å²) in [6.07, 6.45) is 0. The molecule has 0 spiro atoms. The van der Waals surface area contributed by atoms with Crippen molar-refractivity contribution in [3.05, 3.63) is 76.2 Å². The maximum Gasteiger partial charge on any atom is 0.0569 e. The standard InChI is InChI=1S/C18H11BrClN/c19-15-10-14-13-8-4-5-9-17(13)21(18(14)11-16(15)20)12-6-2-1-3-7-12/h1-11H. The monoisotopic (exact) mass is 355 g/mol. The molecule has 0 fully saturated rings. The van der Waals surface area contributed by atoms with Crippen LogP contribution in [0, 0.1) is 0 Å². The highest BCUT2D eigenvalue weighted by molar-refractivity contribution is 9.10. The van der Waals surface area contributed by atoms with E-state index in [0.717, 1.165) is 20.7 Å². The second-order valence-corrected chi connectivity index (χ2v) is 6.23. The first-order chi connectivity index (χ1) is 10.3. The van der Waals surface area contributed by atoms with Gasteiger partial charge in [0.2, 0.25) is 0 Å². The Bertz CT molecular complexity index is 957. The zero-order valence-corrected chi connectivity index (χ0v) is 13.4. The Labute approximate surface area is 135 Å². The molecule has 3 aromatic carbocycles. The van der Waals surface area contributed by atoms with E-state index in [0.29, 0.717) is 0 Å². The summed E-state index contributed by atoms with van der Waals surface area (Å²) in [7, 11) is 0. The predicted octanol–water partition coefficient (Wildman–Crippen LogP) is 6.20. The first-order valence-corrected chi connectivity index (χ1v) is 7.86. The third kappa shape index (κ3) is 1.98. The Kier molecular flexibility index (Phi) is 3.02. The Morgan fingerprint density at radius 3 is 2.29 bits per heavy atom. The normalized spacial score (nSPS) is 11.3. The van der Waals surface area contributed by atoms with E-state index >= 15 is 0 Å². The van der Waals surface area contributed by atoms with Crippen LogP contribution < -0.4 is 0 Å². The molecule has 102 valence electrons. The molecule has 1 heterocycles. The van der Waals surface area contributed by atoms with Crippen LogP contribution in [0.5, 0.6) is 0 Å². The molecule has 0 saturated carbocycles. The van der Waals surface area contributed by atoms with Crippen molar-refractivity contribution in [1.82, 2.24) is 4.57 Å². The average Bonchev–Trinajstić information content (AvgIpc) is 2.82. The zero-order chi connectivity index (χ0) is 14.4. The van der Waals surface area contributed by atoms with Gasteiger partial charge in [-0.2, -0.15) is 0 Å². The molecule has 21 heavy (non-hydrogen) atoms. The Balaban J connectivity index is 2.24. The molecule has 0 saturated heterocycles. The molecule has 0 radical (unpaired) electrons. The van der Waals surface area contributed by atoms with Crippen LogP contribution in [0.25, 0.3) is 27.5 Å². The molecule has 1 aromatic heterocycles. The summed E-state index contributed by atoms with van der Waals surface area (Å²) in [6.45, 7) is 0. The molecule has 4 rings (SSSR count). The number of para-hydroxylation sites is 2. The molecule has 0 atom stereocenters. The molecular weight excluding hydrogens is 346 g/mol. The third-order valence-corrected chi connectivity index (χ3v) is 4.93. The number of fused-ring (bicyclic) bond motifs is 3. The molecule has 0 amide bonds. The maximum atomic E-state index is 6.31. The summed E-state index contributed by atoms with van der Waals surface area (Å²) in [5.41, 5.74) is 3.45. The number of halogens is 2. The Morgan fingerprint density at radius 1 is 0.762 bits per heavy atom. The van der Waals surface area contributed by atoms with E-state index in [4.69, 9.17) is 11.6 Å². The Morgan fingerprint density at radius 2 is 1.48 bits per heavy atom. The van der Waals surface area contributed by atoms with Gasteiger partial charge in [-0.25, -0.2) is 0 Å². The van der Waals surface area contributed by atoms with E-state index in [-0.39, 0.29) is 0 Å².